The maximum absolute atomic E-state index is 14.0. The molecule has 1 aromatic rings. The summed E-state index contributed by atoms with van der Waals surface area (Å²) in [6.45, 7) is 11.0. The summed E-state index contributed by atoms with van der Waals surface area (Å²) in [5.74, 6) is -0.590. The first-order valence-corrected chi connectivity index (χ1v) is 17.2. The summed E-state index contributed by atoms with van der Waals surface area (Å²) in [6.07, 6.45) is 10.3. The van der Waals surface area contributed by atoms with Crippen molar-refractivity contribution in [3.8, 4) is 11.5 Å². The lowest BCUT2D eigenvalue weighted by Gasteiger charge is -2.36. The fourth-order valence-electron chi connectivity index (χ4n) is 6.07. The zero-order valence-corrected chi connectivity index (χ0v) is 27.3. The van der Waals surface area contributed by atoms with Crippen LogP contribution in [0.1, 0.15) is 102 Å². The standard InChI is InChI=1S/C33H51O9P/c1-6-7-9-12-26-22-29(34)31(28-21-25(4)13-14-27(28)24(2)3)30(23-26)41-32(35)33(15-10-8-11-16-33)42-43(36,37)40-20-19-39-18-17-38-5/h21-23,27-28,34H,2,6-20H2,1,3-5H3,(H,36,37)/t27-,28+/m0/s1. The Morgan fingerprint density at radius 2 is 1.84 bits per heavy atom. The number of rotatable bonds is 17. The predicted molar refractivity (Wildman–Crippen MR) is 166 cm³/mol. The van der Waals surface area contributed by atoms with Gasteiger partial charge in [0.1, 0.15) is 11.5 Å². The van der Waals surface area contributed by atoms with Crippen molar-refractivity contribution < 1.29 is 42.6 Å². The Morgan fingerprint density at radius 3 is 2.51 bits per heavy atom. The van der Waals surface area contributed by atoms with Crippen molar-refractivity contribution in [1.29, 1.82) is 0 Å². The Balaban J connectivity index is 1.93. The number of aryl methyl sites for hydroxylation is 1. The SMILES string of the molecule is C=C(C)[C@@H]1CCC(C)=C[C@H]1c1c(O)cc(CCCCC)cc1OC(=O)C1(OP(=O)(O)OCCOCCOC)CCCCC1. The number of phosphoric acid groups is 1. The van der Waals surface area contributed by atoms with Crippen LogP contribution in [0.3, 0.4) is 0 Å². The maximum atomic E-state index is 14.0. The molecule has 2 aliphatic carbocycles. The second kappa shape index (κ2) is 16.9. The van der Waals surface area contributed by atoms with Crippen LogP contribution in [0.15, 0.2) is 35.9 Å². The molecule has 1 fully saturated rings. The summed E-state index contributed by atoms with van der Waals surface area (Å²) in [5, 5.41) is 11.4. The van der Waals surface area contributed by atoms with Crippen molar-refractivity contribution in [1.82, 2.24) is 0 Å². The van der Waals surface area contributed by atoms with E-state index in [9.17, 15) is 19.4 Å². The third-order valence-corrected chi connectivity index (χ3v) is 9.49. The van der Waals surface area contributed by atoms with Gasteiger partial charge >= 0.3 is 13.8 Å². The Morgan fingerprint density at radius 1 is 1.12 bits per heavy atom. The first-order chi connectivity index (χ1) is 20.5. The first kappa shape index (κ1) is 35.5. The van der Waals surface area contributed by atoms with Crippen LogP contribution in [0.4, 0.5) is 0 Å². The summed E-state index contributed by atoms with van der Waals surface area (Å²) in [4.78, 5) is 24.6. The second-order valence-electron chi connectivity index (χ2n) is 12.0. The third kappa shape index (κ3) is 10.3. The van der Waals surface area contributed by atoms with Gasteiger partial charge in [0.05, 0.1) is 26.4 Å². The minimum absolute atomic E-state index is 0.0649. The van der Waals surface area contributed by atoms with E-state index in [-0.39, 0.29) is 49.4 Å². The van der Waals surface area contributed by atoms with Gasteiger partial charge in [-0.25, -0.2) is 9.36 Å². The fraction of sp³-hybridized carbons (Fsp3) is 0.667. The lowest BCUT2D eigenvalue weighted by Crippen LogP contribution is -2.45. The van der Waals surface area contributed by atoms with Gasteiger partial charge in [-0.2, -0.15) is 0 Å². The van der Waals surface area contributed by atoms with Gasteiger partial charge in [0.2, 0.25) is 0 Å². The highest BCUT2D eigenvalue weighted by Crippen LogP contribution is 2.52. The number of unbranched alkanes of at least 4 members (excludes halogenated alkanes) is 2. The molecule has 1 aromatic carbocycles. The van der Waals surface area contributed by atoms with Crippen molar-refractivity contribution in [3.63, 3.8) is 0 Å². The number of methoxy groups -OCH3 is 1. The number of carbonyl (C=O) groups is 1. The van der Waals surface area contributed by atoms with Gasteiger partial charge in [-0.3, -0.25) is 9.05 Å². The molecule has 0 bridgehead atoms. The van der Waals surface area contributed by atoms with Crippen LogP contribution < -0.4 is 4.74 Å². The number of hydrogen-bond donors (Lipinski definition) is 2. The van der Waals surface area contributed by atoms with Crippen molar-refractivity contribution in [2.75, 3.05) is 33.5 Å². The minimum atomic E-state index is -4.63. The van der Waals surface area contributed by atoms with E-state index in [1.807, 2.05) is 13.0 Å². The number of benzene rings is 1. The molecule has 2 aliphatic rings. The number of carbonyl (C=O) groups excluding carboxylic acids is 1. The summed E-state index contributed by atoms with van der Waals surface area (Å²) in [5.41, 5.74) is 1.93. The molecule has 0 spiro atoms. The Bertz CT molecular complexity index is 1160. The predicted octanol–water partition coefficient (Wildman–Crippen LogP) is 7.55. The topological polar surface area (TPSA) is 121 Å². The highest BCUT2D eigenvalue weighted by Gasteiger charge is 2.48. The number of ether oxygens (including phenoxy) is 3. The summed E-state index contributed by atoms with van der Waals surface area (Å²) >= 11 is 0. The molecule has 3 rings (SSSR count). The van der Waals surface area contributed by atoms with Crippen LogP contribution >= 0.6 is 7.82 Å². The summed E-state index contributed by atoms with van der Waals surface area (Å²) in [6, 6.07) is 3.60. The number of esters is 1. The van der Waals surface area contributed by atoms with Crippen LogP contribution in [0.2, 0.25) is 0 Å². The molecule has 10 heteroatoms. The minimum Gasteiger partial charge on any atom is -0.507 e. The fourth-order valence-corrected chi connectivity index (χ4v) is 7.12. The van der Waals surface area contributed by atoms with E-state index < -0.39 is 19.4 Å². The summed E-state index contributed by atoms with van der Waals surface area (Å²) in [7, 11) is -3.08. The molecule has 1 unspecified atom stereocenters. The molecule has 2 N–H and O–H groups in total. The molecule has 1 saturated carbocycles. The van der Waals surface area contributed by atoms with E-state index in [0.29, 0.717) is 31.6 Å². The van der Waals surface area contributed by atoms with Gasteiger partial charge in [0.25, 0.3) is 0 Å². The molecule has 0 aliphatic heterocycles. The average Bonchev–Trinajstić information content (AvgIpc) is 2.95. The third-order valence-electron chi connectivity index (χ3n) is 8.40. The molecule has 43 heavy (non-hydrogen) atoms. The summed E-state index contributed by atoms with van der Waals surface area (Å²) < 4.78 is 40.2. The molecule has 0 aromatic heterocycles. The average molecular weight is 623 g/mol. The van der Waals surface area contributed by atoms with E-state index in [4.69, 9.17) is 23.3 Å². The first-order valence-electron chi connectivity index (χ1n) is 15.7. The molecule has 0 heterocycles. The lowest BCUT2D eigenvalue weighted by molar-refractivity contribution is -0.157. The van der Waals surface area contributed by atoms with Gasteiger partial charge < -0.3 is 24.2 Å². The van der Waals surface area contributed by atoms with E-state index in [2.05, 4.69) is 26.5 Å². The highest BCUT2D eigenvalue weighted by molar-refractivity contribution is 7.47. The van der Waals surface area contributed by atoms with Gasteiger partial charge in [-0.05, 0) is 88.8 Å². The largest absolute Gasteiger partial charge is 0.507 e. The van der Waals surface area contributed by atoms with Gasteiger partial charge in [0, 0.05) is 18.6 Å². The molecule has 3 atom stereocenters. The van der Waals surface area contributed by atoms with E-state index in [0.717, 1.165) is 56.1 Å². The van der Waals surface area contributed by atoms with Crippen molar-refractivity contribution in [3.05, 3.63) is 47.1 Å². The lowest BCUT2D eigenvalue weighted by atomic mass is 9.73. The number of aromatic hydroxyl groups is 1. The van der Waals surface area contributed by atoms with Crippen LogP contribution in [0.5, 0.6) is 11.5 Å². The van der Waals surface area contributed by atoms with E-state index >= 15 is 0 Å². The monoisotopic (exact) mass is 622 g/mol. The number of allylic oxidation sites excluding steroid dienone is 3. The van der Waals surface area contributed by atoms with Crippen LogP contribution in [0.25, 0.3) is 0 Å². The van der Waals surface area contributed by atoms with Crippen molar-refractivity contribution in [2.24, 2.45) is 5.92 Å². The number of hydrogen-bond acceptors (Lipinski definition) is 8. The number of phenolic OH excluding ortho intramolecular Hbond substituents is 1. The molecule has 9 nitrogen and oxygen atoms in total. The zero-order chi connectivity index (χ0) is 31.5. The van der Waals surface area contributed by atoms with Crippen LogP contribution in [0, 0.1) is 5.92 Å². The highest BCUT2D eigenvalue weighted by atomic mass is 31.2. The Labute approximate surface area is 257 Å². The van der Waals surface area contributed by atoms with E-state index in [1.165, 1.54) is 5.57 Å². The maximum Gasteiger partial charge on any atom is 0.473 e. The molecule has 0 amide bonds. The normalized spacial score (nSPS) is 21.6. The Kier molecular flexibility index (Phi) is 13.9. The number of phosphoric ester groups is 1. The van der Waals surface area contributed by atoms with Gasteiger partial charge in [0.15, 0.2) is 5.60 Å². The smallest absolute Gasteiger partial charge is 0.473 e. The second-order valence-corrected chi connectivity index (χ2v) is 13.3. The Hall–Kier alpha value is -2.00. The van der Waals surface area contributed by atoms with Crippen molar-refractivity contribution in [2.45, 2.75) is 103 Å². The number of phenols is 1. The molecule has 0 saturated heterocycles. The van der Waals surface area contributed by atoms with Crippen LogP contribution in [-0.2, 0) is 34.3 Å². The van der Waals surface area contributed by atoms with Crippen LogP contribution in [-0.4, -0.2) is 55.1 Å². The van der Waals surface area contributed by atoms with Crippen molar-refractivity contribution >= 4 is 13.8 Å². The van der Waals surface area contributed by atoms with Gasteiger partial charge in [-0.15, -0.1) is 0 Å². The molecular weight excluding hydrogens is 571 g/mol. The van der Waals surface area contributed by atoms with Gasteiger partial charge in [-0.1, -0.05) is 50.0 Å². The quantitative estimate of drug-likeness (QED) is 0.0596. The zero-order valence-electron chi connectivity index (χ0n) is 26.4. The molecule has 0 radical (unpaired) electrons. The van der Waals surface area contributed by atoms with E-state index in [1.54, 1.807) is 13.2 Å². The molecule has 242 valence electrons. The molecular formula is C33H51O9P.